The highest BCUT2D eigenvalue weighted by Gasteiger charge is 2.31. The third kappa shape index (κ3) is 2.87. The van der Waals surface area contributed by atoms with Crippen LogP contribution in [-0.2, 0) is 6.42 Å². The van der Waals surface area contributed by atoms with Gasteiger partial charge in [-0.25, -0.2) is 4.68 Å². The van der Waals surface area contributed by atoms with Gasteiger partial charge in [0.15, 0.2) is 11.5 Å². The quantitative estimate of drug-likeness (QED) is 0.755. The van der Waals surface area contributed by atoms with Crippen molar-refractivity contribution < 1.29 is 14.3 Å². The van der Waals surface area contributed by atoms with Gasteiger partial charge in [-0.1, -0.05) is 6.07 Å². The van der Waals surface area contributed by atoms with E-state index in [1.165, 1.54) is 5.56 Å². The summed E-state index contributed by atoms with van der Waals surface area (Å²) in [5, 5.41) is 7.33. The van der Waals surface area contributed by atoms with E-state index in [0.29, 0.717) is 11.5 Å². The summed E-state index contributed by atoms with van der Waals surface area (Å²) in [6.45, 7) is 2.40. The van der Waals surface area contributed by atoms with E-state index in [2.05, 4.69) is 39.4 Å². The van der Waals surface area contributed by atoms with Crippen LogP contribution < -0.4 is 14.8 Å². The molecule has 0 radical (unpaired) electrons. The molecule has 1 amide bonds. The highest BCUT2D eigenvalue weighted by molar-refractivity contribution is 6.03. The van der Waals surface area contributed by atoms with Crippen molar-refractivity contribution in [3.63, 3.8) is 0 Å². The maximum Gasteiger partial charge on any atom is 0.258 e. The molecule has 4 heterocycles. The normalized spacial score (nSPS) is 19.9. The lowest BCUT2D eigenvalue weighted by Crippen LogP contribution is -2.24. The summed E-state index contributed by atoms with van der Waals surface area (Å²) >= 11 is 0. The van der Waals surface area contributed by atoms with Crippen molar-refractivity contribution in [3.8, 4) is 11.5 Å². The molecule has 8 heteroatoms. The Balaban J connectivity index is 1.37. The monoisotopic (exact) mass is 377 g/mol. The van der Waals surface area contributed by atoms with Crippen LogP contribution in [0.15, 0.2) is 42.7 Å². The fraction of sp³-hybridized carbons (Fsp3) is 0.300. The third-order valence-electron chi connectivity index (χ3n) is 5.34. The topological polar surface area (TPSA) is 91.2 Å². The average molecular weight is 377 g/mol. The lowest BCUT2D eigenvalue weighted by Gasteiger charge is -2.29. The van der Waals surface area contributed by atoms with Gasteiger partial charge in [-0.2, -0.15) is 4.98 Å². The van der Waals surface area contributed by atoms with E-state index < -0.39 is 0 Å². The number of pyridine rings is 1. The number of amides is 1. The van der Waals surface area contributed by atoms with E-state index in [4.69, 9.17) is 9.47 Å². The van der Waals surface area contributed by atoms with Gasteiger partial charge in [-0.3, -0.25) is 15.1 Å². The minimum Gasteiger partial charge on any atom is -0.454 e. The standard InChI is InChI=1S/C20H19N5O3/c1-12-15(14-2-4-16-17(10-14)28-11-27-16)3-5-18-22-20(24-25(12)18)23-19(26)13-6-8-21-9-7-13/h2,4,6-10,12,15H,3,5,11H2,1H3,(H,23,24,26). The molecule has 3 aromatic rings. The first kappa shape index (κ1) is 16.7. The van der Waals surface area contributed by atoms with Crippen molar-refractivity contribution in [1.29, 1.82) is 0 Å². The number of aromatic nitrogens is 4. The van der Waals surface area contributed by atoms with Crippen LogP contribution in [0.4, 0.5) is 5.95 Å². The Bertz CT molecular complexity index is 1030. The number of nitrogens with zero attached hydrogens (tertiary/aromatic N) is 4. The van der Waals surface area contributed by atoms with E-state index in [0.717, 1.165) is 30.2 Å². The van der Waals surface area contributed by atoms with Crippen LogP contribution in [0.1, 0.15) is 47.1 Å². The summed E-state index contributed by atoms with van der Waals surface area (Å²) in [5.74, 6) is 2.83. The Morgan fingerprint density at radius 1 is 1.18 bits per heavy atom. The summed E-state index contributed by atoms with van der Waals surface area (Å²) < 4.78 is 12.8. The summed E-state index contributed by atoms with van der Waals surface area (Å²) in [5.41, 5.74) is 1.72. The van der Waals surface area contributed by atoms with Crippen LogP contribution in [0.3, 0.4) is 0 Å². The molecule has 0 spiro atoms. The van der Waals surface area contributed by atoms with Crippen molar-refractivity contribution in [3.05, 3.63) is 59.7 Å². The highest BCUT2D eigenvalue weighted by Crippen LogP contribution is 2.41. The summed E-state index contributed by atoms with van der Waals surface area (Å²) in [6, 6.07) is 9.53. The second-order valence-electron chi connectivity index (χ2n) is 6.98. The number of carbonyl (C=O) groups excluding carboxylic acids is 1. The maximum atomic E-state index is 12.3. The fourth-order valence-corrected chi connectivity index (χ4v) is 3.87. The summed E-state index contributed by atoms with van der Waals surface area (Å²) in [4.78, 5) is 20.8. The van der Waals surface area contributed by atoms with Crippen LogP contribution in [0.25, 0.3) is 0 Å². The molecule has 1 aromatic carbocycles. The number of hydrogen-bond acceptors (Lipinski definition) is 6. The molecule has 2 aromatic heterocycles. The minimum absolute atomic E-state index is 0.114. The van der Waals surface area contributed by atoms with Crippen LogP contribution in [0, 0.1) is 0 Å². The smallest absolute Gasteiger partial charge is 0.258 e. The lowest BCUT2D eigenvalue weighted by molar-refractivity contribution is 0.102. The zero-order valence-corrected chi connectivity index (χ0v) is 15.3. The molecule has 2 aliphatic rings. The Labute approximate surface area is 161 Å². The summed E-state index contributed by atoms with van der Waals surface area (Å²) in [7, 11) is 0. The minimum atomic E-state index is -0.245. The molecule has 0 aliphatic carbocycles. The van der Waals surface area contributed by atoms with E-state index >= 15 is 0 Å². The van der Waals surface area contributed by atoms with Gasteiger partial charge in [0.2, 0.25) is 12.7 Å². The van der Waals surface area contributed by atoms with Gasteiger partial charge in [0.1, 0.15) is 5.82 Å². The van der Waals surface area contributed by atoms with Crippen LogP contribution in [0.5, 0.6) is 11.5 Å². The van der Waals surface area contributed by atoms with Crippen molar-refractivity contribution in [2.45, 2.75) is 31.7 Å². The Morgan fingerprint density at radius 2 is 2.00 bits per heavy atom. The lowest BCUT2D eigenvalue weighted by atomic mass is 9.85. The predicted octanol–water partition coefficient (Wildman–Crippen LogP) is 2.95. The van der Waals surface area contributed by atoms with Gasteiger partial charge in [-0.15, -0.1) is 5.10 Å². The largest absolute Gasteiger partial charge is 0.454 e. The maximum absolute atomic E-state index is 12.3. The molecule has 0 fully saturated rings. The first-order chi connectivity index (χ1) is 13.7. The Kier molecular flexibility index (Phi) is 3.96. The zero-order chi connectivity index (χ0) is 19.1. The molecular formula is C20H19N5O3. The van der Waals surface area contributed by atoms with E-state index in [1.807, 2.05) is 10.7 Å². The van der Waals surface area contributed by atoms with Gasteiger partial charge in [-0.05, 0) is 43.2 Å². The molecule has 2 unspecified atom stereocenters. The predicted molar refractivity (Wildman–Crippen MR) is 101 cm³/mol. The number of hydrogen-bond donors (Lipinski definition) is 1. The molecule has 0 bridgehead atoms. The molecule has 8 nitrogen and oxygen atoms in total. The second kappa shape index (κ2) is 6.63. The zero-order valence-electron chi connectivity index (χ0n) is 15.3. The average Bonchev–Trinajstić information content (AvgIpc) is 3.35. The molecule has 28 heavy (non-hydrogen) atoms. The highest BCUT2D eigenvalue weighted by atomic mass is 16.7. The third-order valence-corrected chi connectivity index (χ3v) is 5.34. The first-order valence-electron chi connectivity index (χ1n) is 9.25. The Hall–Kier alpha value is -3.42. The molecule has 0 saturated heterocycles. The number of anilines is 1. The molecule has 142 valence electrons. The number of aryl methyl sites for hydroxylation is 1. The fourth-order valence-electron chi connectivity index (χ4n) is 3.87. The molecule has 2 atom stereocenters. The first-order valence-corrected chi connectivity index (χ1v) is 9.25. The number of nitrogens with one attached hydrogen (secondary N) is 1. The van der Waals surface area contributed by atoms with Gasteiger partial charge in [0.05, 0.1) is 6.04 Å². The van der Waals surface area contributed by atoms with Gasteiger partial charge >= 0.3 is 0 Å². The van der Waals surface area contributed by atoms with Gasteiger partial charge < -0.3 is 9.47 Å². The number of carbonyl (C=O) groups is 1. The van der Waals surface area contributed by atoms with Crippen LogP contribution >= 0.6 is 0 Å². The van der Waals surface area contributed by atoms with Crippen molar-refractivity contribution in [2.75, 3.05) is 12.1 Å². The van der Waals surface area contributed by atoms with Gasteiger partial charge in [0, 0.05) is 30.3 Å². The van der Waals surface area contributed by atoms with Crippen LogP contribution in [-0.4, -0.2) is 32.4 Å². The molecule has 2 aliphatic heterocycles. The van der Waals surface area contributed by atoms with E-state index in [-0.39, 0.29) is 24.7 Å². The van der Waals surface area contributed by atoms with Crippen molar-refractivity contribution in [2.24, 2.45) is 0 Å². The van der Waals surface area contributed by atoms with Crippen molar-refractivity contribution in [1.82, 2.24) is 19.7 Å². The number of fused-ring (bicyclic) bond motifs is 2. The second-order valence-corrected chi connectivity index (χ2v) is 6.98. The van der Waals surface area contributed by atoms with Crippen LogP contribution in [0.2, 0.25) is 0 Å². The molecule has 1 N–H and O–H groups in total. The molecule has 0 saturated carbocycles. The number of rotatable bonds is 3. The molecular weight excluding hydrogens is 358 g/mol. The SMILES string of the molecule is CC1C(c2ccc3c(c2)OCO3)CCc2nc(NC(=O)c3ccncc3)nn21. The van der Waals surface area contributed by atoms with Crippen molar-refractivity contribution >= 4 is 11.9 Å². The Morgan fingerprint density at radius 3 is 2.86 bits per heavy atom. The number of benzene rings is 1. The van der Waals surface area contributed by atoms with Gasteiger partial charge in [0.25, 0.3) is 5.91 Å². The van der Waals surface area contributed by atoms with E-state index in [1.54, 1.807) is 24.5 Å². The summed E-state index contributed by atoms with van der Waals surface area (Å²) in [6.07, 6.45) is 4.91. The molecule has 5 rings (SSSR count). The van der Waals surface area contributed by atoms with E-state index in [9.17, 15) is 4.79 Å². The number of ether oxygens (including phenoxy) is 2.